The number of carbonyl (C=O) groups is 4. The maximum absolute atomic E-state index is 12.5. The van der Waals surface area contributed by atoms with Gasteiger partial charge in [-0.25, -0.2) is 9.59 Å². The Balaban J connectivity index is 2.57. The van der Waals surface area contributed by atoms with Crippen molar-refractivity contribution in [1.82, 2.24) is 0 Å². The van der Waals surface area contributed by atoms with Crippen molar-refractivity contribution in [3.8, 4) is 0 Å². The summed E-state index contributed by atoms with van der Waals surface area (Å²) < 4.78 is 14.2. The molecule has 0 fully saturated rings. The number of thiol groups is 1. The van der Waals surface area contributed by atoms with E-state index in [2.05, 4.69) is 12.6 Å². The lowest BCUT2D eigenvalue weighted by Crippen LogP contribution is -2.34. The highest BCUT2D eigenvalue weighted by Crippen LogP contribution is 2.24. The number of carbonyl (C=O) groups excluding carboxylic acids is 4. The zero-order valence-electron chi connectivity index (χ0n) is 17.8. The van der Waals surface area contributed by atoms with Gasteiger partial charge >= 0.3 is 17.2 Å². The first-order valence-electron chi connectivity index (χ1n) is 9.30. The molecule has 0 aliphatic heterocycles. The van der Waals surface area contributed by atoms with Crippen molar-refractivity contribution in [3.63, 3.8) is 0 Å². The van der Waals surface area contributed by atoms with Crippen molar-refractivity contribution in [1.29, 1.82) is 0 Å². The van der Waals surface area contributed by atoms with Gasteiger partial charge in [-0.15, -0.1) is 0 Å². The van der Waals surface area contributed by atoms with Gasteiger partial charge in [-0.2, -0.15) is 12.6 Å². The average Bonchev–Trinajstić information content (AvgIpc) is 2.63. The highest BCUT2D eigenvalue weighted by molar-refractivity contribution is 8.13. The summed E-state index contributed by atoms with van der Waals surface area (Å²) in [5, 5.41) is -0.734. The van der Waals surface area contributed by atoms with E-state index in [1.54, 1.807) is 65.0 Å². The molecule has 0 saturated carbocycles. The first-order chi connectivity index (χ1) is 13.8. The Kier molecular flexibility index (Phi) is 9.90. The van der Waals surface area contributed by atoms with Crippen molar-refractivity contribution >= 4 is 47.4 Å². The third-order valence-electron chi connectivity index (χ3n) is 3.63. The second-order valence-electron chi connectivity index (χ2n) is 8.04. The molecule has 1 aromatic rings. The van der Waals surface area contributed by atoms with Crippen LogP contribution in [0.2, 0.25) is 0 Å². The number of thioether (sulfide) groups is 1. The summed E-state index contributed by atoms with van der Waals surface area (Å²) in [5.41, 5.74) is -0.398. The van der Waals surface area contributed by atoms with E-state index in [1.807, 2.05) is 0 Å². The van der Waals surface area contributed by atoms with Crippen molar-refractivity contribution in [2.45, 2.75) is 51.4 Å². The standard InChI is InChI=1S/C21H28O7S2/c1-20(2,3)28-18(24)15(11-16(22)21(4,5)29)12-30-19(25)27-13-26-17(23)14-9-7-6-8-10-14/h6-10,15,29H,11-13H2,1-5H3/t15-/m0/s1. The second-order valence-corrected chi connectivity index (χ2v) is 10.1. The minimum atomic E-state index is -0.920. The minimum absolute atomic E-state index is 0.0179. The van der Waals surface area contributed by atoms with Crippen LogP contribution < -0.4 is 0 Å². The van der Waals surface area contributed by atoms with Crippen LogP contribution in [0.3, 0.4) is 0 Å². The summed E-state index contributed by atoms with van der Waals surface area (Å²) in [6, 6.07) is 8.27. The Morgan fingerprint density at radius 2 is 1.60 bits per heavy atom. The maximum atomic E-state index is 12.5. The van der Waals surface area contributed by atoms with Crippen LogP contribution in [0.4, 0.5) is 4.79 Å². The van der Waals surface area contributed by atoms with Gasteiger partial charge in [0.05, 0.1) is 16.2 Å². The van der Waals surface area contributed by atoms with Crippen LogP contribution in [0.1, 0.15) is 51.4 Å². The van der Waals surface area contributed by atoms with E-state index >= 15 is 0 Å². The van der Waals surface area contributed by atoms with Gasteiger partial charge in [0.2, 0.25) is 6.79 Å². The molecule has 7 nitrogen and oxygen atoms in total. The molecule has 0 spiro atoms. The molecule has 0 unspecified atom stereocenters. The minimum Gasteiger partial charge on any atom is -0.460 e. The Morgan fingerprint density at radius 3 is 2.13 bits per heavy atom. The fourth-order valence-corrected chi connectivity index (χ4v) is 2.88. The molecule has 1 aromatic carbocycles. The second kappa shape index (κ2) is 11.4. The van der Waals surface area contributed by atoms with E-state index in [0.29, 0.717) is 17.3 Å². The van der Waals surface area contributed by atoms with Gasteiger partial charge in [-0.3, -0.25) is 9.59 Å². The summed E-state index contributed by atoms with van der Waals surface area (Å²) >= 11 is 4.94. The fourth-order valence-electron chi connectivity index (χ4n) is 2.07. The molecule has 0 N–H and O–H groups in total. The molecule has 0 aliphatic carbocycles. The molecule has 0 saturated heterocycles. The van der Waals surface area contributed by atoms with E-state index in [-0.39, 0.29) is 18.0 Å². The molecule has 9 heteroatoms. The van der Waals surface area contributed by atoms with E-state index in [9.17, 15) is 19.2 Å². The quantitative estimate of drug-likeness (QED) is 0.334. The molecular weight excluding hydrogens is 428 g/mol. The van der Waals surface area contributed by atoms with E-state index < -0.39 is 40.3 Å². The van der Waals surface area contributed by atoms with Crippen LogP contribution in [0.5, 0.6) is 0 Å². The first kappa shape index (κ1) is 26.0. The van der Waals surface area contributed by atoms with Gasteiger partial charge in [-0.05, 0) is 58.5 Å². The average molecular weight is 457 g/mol. The van der Waals surface area contributed by atoms with Crippen LogP contribution in [-0.2, 0) is 23.8 Å². The van der Waals surface area contributed by atoms with Crippen molar-refractivity contribution in [2.75, 3.05) is 12.5 Å². The molecule has 0 amide bonds. The van der Waals surface area contributed by atoms with E-state index in [4.69, 9.17) is 14.2 Å². The number of hydrogen-bond acceptors (Lipinski definition) is 9. The smallest absolute Gasteiger partial charge is 0.370 e. The van der Waals surface area contributed by atoms with Gasteiger partial charge in [0.1, 0.15) is 11.4 Å². The first-order valence-corrected chi connectivity index (χ1v) is 10.7. The van der Waals surface area contributed by atoms with Gasteiger partial charge in [0.15, 0.2) is 0 Å². The van der Waals surface area contributed by atoms with Gasteiger partial charge in [0.25, 0.3) is 0 Å². The number of hydrogen-bond donors (Lipinski definition) is 1. The number of Topliss-reactive ketones (excluding diaryl/α,β-unsaturated/α-hetero) is 1. The molecule has 0 aromatic heterocycles. The lowest BCUT2D eigenvalue weighted by Gasteiger charge is -2.25. The van der Waals surface area contributed by atoms with Crippen LogP contribution in [0, 0.1) is 5.92 Å². The molecule has 0 bridgehead atoms. The van der Waals surface area contributed by atoms with Crippen molar-refractivity contribution in [2.24, 2.45) is 5.92 Å². The largest absolute Gasteiger partial charge is 0.460 e. The molecule has 1 atom stereocenters. The highest BCUT2D eigenvalue weighted by atomic mass is 32.2. The number of ether oxygens (including phenoxy) is 3. The Hall–Kier alpha value is -2.00. The van der Waals surface area contributed by atoms with Crippen molar-refractivity contribution in [3.05, 3.63) is 35.9 Å². The van der Waals surface area contributed by atoms with E-state index in [0.717, 1.165) is 0 Å². The summed E-state index contributed by atoms with van der Waals surface area (Å²) in [6.07, 6.45) is -0.116. The Labute approximate surface area is 186 Å². The Bertz CT molecular complexity index is 749. The normalized spacial score (nSPS) is 12.6. The zero-order valence-corrected chi connectivity index (χ0v) is 19.5. The summed E-state index contributed by atoms with van der Waals surface area (Å²) in [7, 11) is 0. The number of rotatable bonds is 9. The summed E-state index contributed by atoms with van der Waals surface area (Å²) in [5.74, 6) is -2.30. The van der Waals surface area contributed by atoms with Gasteiger partial charge < -0.3 is 14.2 Å². The number of ketones is 1. The summed E-state index contributed by atoms with van der Waals surface area (Å²) in [6.45, 7) is 7.86. The third-order valence-corrected chi connectivity index (χ3v) is 4.80. The van der Waals surface area contributed by atoms with Crippen LogP contribution in [0.25, 0.3) is 0 Å². The lowest BCUT2D eigenvalue weighted by molar-refractivity contribution is -0.160. The number of benzene rings is 1. The molecule has 166 valence electrons. The molecule has 0 aliphatic rings. The van der Waals surface area contributed by atoms with Gasteiger partial charge in [-0.1, -0.05) is 18.2 Å². The Morgan fingerprint density at radius 1 is 1.00 bits per heavy atom. The van der Waals surface area contributed by atoms with Gasteiger partial charge in [0, 0.05) is 12.2 Å². The maximum Gasteiger partial charge on any atom is 0.370 e. The SMILES string of the molecule is CC(C)(C)OC(=O)[C@H](CSC(=O)OCOC(=O)c1ccccc1)CC(=O)C(C)(C)S. The highest BCUT2D eigenvalue weighted by Gasteiger charge is 2.32. The van der Waals surface area contributed by atoms with Crippen LogP contribution >= 0.6 is 24.4 Å². The molecule has 0 radical (unpaired) electrons. The molecule has 1 rings (SSSR count). The third kappa shape index (κ3) is 10.2. The molecule has 30 heavy (non-hydrogen) atoms. The van der Waals surface area contributed by atoms with E-state index in [1.165, 1.54) is 0 Å². The lowest BCUT2D eigenvalue weighted by atomic mass is 9.97. The van der Waals surface area contributed by atoms with Crippen molar-refractivity contribution < 1.29 is 33.4 Å². The molecule has 0 heterocycles. The zero-order chi connectivity index (χ0) is 22.9. The summed E-state index contributed by atoms with van der Waals surface area (Å²) in [4.78, 5) is 48.5. The number of esters is 2. The molecular formula is C21H28O7S2. The topological polar surface area (TPSA) is 96.0 Å². The predicted octanol–water partition coefficient (Wildman–Crippen LogP) is 4.30. The monoisotopic (exact) mass is 456 g/mol. The fraction of sp³-hybridized carbons (Fsp3) is 0.524. The predicted molar refractivity (Wildman–Crippen MR) is 118 cm³/mol. The van der Waals surface area contributed by atoms with Crippen LogP contribution in [0.15, 0.2) is 30.3 Å². The van der Waals surface area contributed by atoms with Crippen LogP contribution in [-0.4, -0.2) is 45.9 Å².